The van der Waals surface area contributed by atoms with Crippen LogP contribution in [-0.4, -0.2) is 55.1 Å². The maximum Gasteiger partial charge on any atom is 0.321 e. The van der Waals surface area contributed by atoms with Gasteiger partial charge in [0.1, 0.15) is 0 Å². The first-order chi connectivity index (χ1) is 10.1. The normalized spacial score (nSPS) is 29.3. The summed E-state index contributed by atoms with van der Waals surface area (Å²) >= 11 is 0. The Labute approximate surface area is 139 Å². The quantitative estimate of drug-likeness (QED) is 0.724. The summed E-state index contributed by atoms with van der Waals surface area (Å²) in [6.45, 7) is 7.16. The summed E-state index contributed by atoms with van der Waals surface area (Å²) in [5.41, 5.74) is 0. The van der Waals surface area contributed by atoms with Crippen molar-refractivity contribution in [3.63, 3.8) is 0 Å². The number of nitrogens with one attached hydrogen (secondary N) is 3. The lowest BCUT2D eigenvalue weighted by Crippen LogP contribution is -2.54. The van der Waals surface area contributed by atoms with E-state index >= 15 is 0 Å². The zero-order valence-electron chi connectivity index (χ0n) is 13.6. The Kier molecular flexibility index (Phi) is 8.14. The number of carbonyl (C=O) groups is 2. The first kappa shape index (κ1) is 19.2. The molecule has 3 N–H and O–H groups in total. The Balaban J connectivity index is 0.00000242. The summed E-state index contributed by atoms with van der Waals surface area (Å²) in [6, 6.07) is 0.178. The molecule has 0 radical (unpaired) electrons. The molecule has 6 nitrogen and oxygen atoms in total. The van der Waals surface area contributed by atoms with Crippen molar-refractivity contribution in [3.8, 4) is 0 Å². The van der Waals surface area contributed by atoms with Gasteiger partial charge >= 0.3 is 6.03 Å². The molecule has 0 aromatic rings. The number of carbonyl (C=O) groups excluding carboxylic acids is 2. The summed E-state index contributed by atoms with van der Waals surface area (Å²) in [5.74, 6) is 0.275. The summed E-state index contributed by atoms with van der Waals surface area (Å²) in [4.78, 5) is 26.0. The van der Waals surface area contributed by atoms with Crippen LogP contribution in [0.5, 0.6) is 0 Å². The Morgan fingerprint density at radius 2 is 1.95 bits per heavy atom. The van der Waals surface area contributed by atoms with Gasteiger partial charge in [-0.2, -0.15) is 0 Å². The summed E-state index contributed by atoms with van der Waals surface area (Å²) in [6.07, 6.45) is 4.55. The van der Waals surface area contributed by atoms with Gasteiger partial charge < -0.3 is 10.6 Å². The molecule has 3 atom stereocenters. The molecule has 0 aromatic heterocycles. The molecule has 1 heterocycles. The summed E-state index contributed by atoms with van der Waals surface area (Å²) in [5, 5.41) is 8.70. The standard InChI is InChI=1S/C15H28N4O2.ClH/c1-11-5-3-4-6-13(11)17-15(21)18-14(20)10-19-8-7-16-9-12(19)2;/h11-13,16H,3-10H2,1-2H3,(H2,17,18,20,21);1H/t11?,12-,13?;/m0./s1. The van der Waals surface area contributed by atoms with Crippen LogP contribution < -0.4 is 16.0 Å². The second kappa shape index (κ2) is 9.33. The maximum atomic E-state index is 12.0. The fourth-order valence-corrected chi connectivity index (χ4v) is 3.20. The second-order valence-electron chi connectivity index (χ2n) is 6.41. The van der Waals surface area contributed by atoms with Gasteiger partial charge in [-0.05, 0) is 25.7 Å². The molecule has 0 aromatic carbocycles. The van der Waals surface area contributed by atoms with Crippen LogP contribution in [0.15, 0.2) is 0 Å². The van der Waals surface area contributed by atoms with Crippen molar-refractivity contribution in [2.45, 2.75) is 51.6 Å². The molecular formula is C15H29ClN4O2. The molecule has 1 aliphatic carbocycles. The Morgan fingerprint density at radius 1 is 1.23 bits per heavy atom. The number of halogens is 1. The first-order valence-electron chi connectivity index (χ1n) is 8.11. The van der Waals surface area contributed by atoms with Gasteiger partial charge in [-0.25, -0.2) is 4.79 Å². The number of rotatable bonds is 3. The second-order valence-corrected chi connectivity index (χ2v) is 6.41. The van der Waals surface area contributed by atoms with E-state index in [1.807, 2.05) is 0 Å². The third kappa shape index (κ3) is 5.74. The molecule has 128 valence electrons. The number of piperazine rings is 1. The number of nitrogens with zero attached hydrogens (tertiary/aromatic N) is 1. The Bertz CT molecular complexity index is 347. The third-order valence-electron chi connectivity index (χ3n) is 4.67. The summed E-state index contributed by atoms with van der Waals surface area (Å²) < 4.78 is 0. The number of amides is 3. The van der Waals surface area contributed by atoms with Crippen LogP contribution in [0.1, 0.15) is 39.5 Å². The van der Waals surface area contributed by atoms with Crippen molar-refractivity contribution in [3.05, 3.63) is 0 Å². The van der Waals surface area contributed by atoms with Gasteiger partial charge in [0.25, 0.3) is 0 Å². The smallest absolute Gasteiger partial charge is 0.321 e. The maximum absolute atomic E-state index is 12.0. The SMILES string of the molecule is CC1CCCCC1NC(=O)NC(=O)CN1CCNC[C@@H]1C.Cl. The molecule has 3 amide bonds. The molecule has 0 bridgehead atoms. The summed E-state index contributed by atoms with van der Waals surface area (Å²) in [7, 11) is 0. The first-order valence-corrected chi connectivity index (χ1v) is 8.11. The predicted molar refractivity (Wildman–Crippen MR) is 89.2 cm³/mol. The minimum atomic E-state index is -0.346. The van der Waals surface area contributed by atoms with E-state index in [1.165, 1.54) is 6.42 Å². The number of urea groups is 1. The van der Waals surface area contributed by atoms with Crippen LogP contribution in [-0.2, 0) is 4.79 Å². The molecule has 2 unspecified atom stereocenters. The van der Waals surface area contributed by atoms with E-state index in [0.717, 1.165) is 38.9 Å². The van der Waals surface area contributed by atoms with Crippen molar-refractivity contribution in [1.29, 1.82) is 0 Å². The van der Waals surface area contributed by atoms with Gasteiger partial charge in [-0.1, -0.05) is 19.8 Å². The molecule has 22 heavy (non-hydrogen) atoms. The largest absolute Gasteiger partial charge is 0.335 e. The van der Waals surface area contributed by atoms with Crippen LogP contribution in [0.2, 0.25) is 0 Å². The fraction of sp³-hybridized carbons (Fsp3) is 0.867. The van der Waals surface area contributed by atoms with Crippen LogP contribution in [0.4, 0.5) is 4.79 Å². The van der Waals surface area contributed by atoms with Crippen LogP contribution >= 0.6 is 12.4 Å². The highest BCUT2D eigenvalue weighted by Crippen LogP contribution is 2.23. The lowest BCUT2D eigenvalue weighted by Gasteiger charge is -2.33. The van der Waals surface area contributed by atoms with E-state index in [2.05, 4.69) is 34.7 Å². The third-order valence-corrected chi connectivity index (χ3v) is 4.67. The van der Waals surface area contributed by atoms with Crippen molar-refractivity contribution >= 4 is 24.3 Å². The predicted octanol–water partition coefficient (Wildman–Crippen LogP) is 1.11. The molecule has 0 spiro atoms. The lowest BCUT2D eigenvalue weighted by atomic mass is 9.86. The molecule has 7 heteroatoms. The van der Waals surface area contributed by atoms with Crippen LogP contribution in [0.25, 0.3) is 0 Å². The minimum absolute atomic E-state index is 0. The monoisotopic (exact) mass is 332 g/mol. The highest BCUT2D eigenvalue weighted by atomic mass is 35.5. The van der Waals surface area contributed by atoms with E-state index in [1.54, 1.807) is 0 Å². The zero-order chi connectivity index (χ0) is 15.2. The van der Waals surface area contributed by atoms with Gasteiger partial charge in [0.2, 0.25) is 5.91 Å². The molecule has 1 saturated carbocycles. The van der Waals surface area contributed by atoms with Crippen LogP contribution in [0, 0.1) is 5.92 Å². The van der Waals surface area contributed by atoms with Crippen molar-refractivity contribution in [2.24, 2.45) is 5.92 Å². The topological polar surface area (TPSA) is 73.5 Å². The van der Waals surface area contributed by atoms with E-state index in [0.29, 0.717) is 12.0 Å². The molecule has 2 fully saturated rings. The van der Waals surface area contributed by atoms with Gasteiger partial charge in [-0.15, -0.1) is 12.4 Å². The fourth-order valence-electron chi connectivity index (χ4n) is 3.20. The minimum Gasteiger partial charge on any atom is -0.335 e. The highest BCUT2D eigenvalue weighted by molar-refractivity contribution is 5.95. The molecule has 2 aliphatic rings. The van der Waals surface area contributed by atoms with Crippen LogP contribution in [0.3, 0.4) is 0 Å². The molecule has 1 saturated heterocycles. The Hall–Kier alpha value is -0.850. The number of hydrogen-bond donors (Lipinski definition) is 3. The number of hydrogen-bond acceptors (Lipinski definition) is 4. The average molecular weight is 333 g/mol. The van der Waals surface area contributed by atoms with E-state index in [4.69, 9.17) is 0 Å². The lowest BCUT2D eigenvalue weighted by molar-refractivity contribution is -0.121. The van der Waals surface area contributed by atoms with E-state index in [9.17, 15) is 9.59 Å². The molecule has 2 rings (SSSR count). The van der Waals surface area contributed by atoms with Crippen molar-refractivity contribution < 1.29 is 9.59 Å². The van der Waals surface area contributed by atoms with Gasteiger partial charge in [0.15, 0.2) is 0 Å². The van der Waals surface area contributed by atoms with Gasteiger partial charge in [0.05, 0.1) is 6.54 Å². The van der Waals surface area contributed by atoms with Crippen molar-refractivity contribution in [1.82, 2.24) is 20.9 Å². The highest BCUT2D eigenvalue weighted by Gasteiger charge is 2.24. The average Bonchev–Trinajstić information content (AvgIpc) is 2.44. The molecule has 1 aliphatic heterocycles. The number of imide groups is 1. The van der Waals surface area contributed by atoms with Gasteiger partial charge in [-0.3, -0.25) is 15.0 Å². The van der Waals surface area contributed by atoms with E-state index in [-0.39, 0.29) is 36.9 Å². The van der Waals surface area contributed by atoms with E-state index < -0.39 is 0 Å². The zero-order valence-corrected chi connectivity index (χ0v) is 14.4. The van der Waals surface area contributed by atoms with Crippen molar-refractivity contribution in [2.75, 3.05) is 26.2 Å². The Morgan fingerprint density at radius 3 is 2.64 bits per heavy atom. The van der Waals surface area contributed by atoms with Gasteiger partial charge in [0, 0.05) is 31.7 Å². The molecular weight excluding hydrogens is 304 g/mol.